The van der Waals surface area contributed by atoms with Crippen LogP contribution in [0.4, 0.5) is 40.7 Å². The number of hydrogen-bond acceptors (Lipinski definition) is 6. The zero-order chi connectivity index (χ0) is 29.4. The molecule has 0 saturated carbocycles. The Hall–Kier alpha value is -4.45. The van der Waals surface area contributed by atoms with Crippen molar-refractivity contribution in [1.29, 1.82) is 0 Å². The zero-order valence-electron chi connectivity index (χ0n) is 22.8. The Labute approximate surface area is 236 Å². The fraction of sp³-hybridized carbons (Fsp3) is 0.310. The van der Waals surface area contributed by atoms with Gasteiger partial charge in [-0.1, -0.05) is 12.1 Å². The van der Waals surface area contributed by atoms with Crippen molar-refractivity contribution in [2.75, 3.05) is 74.0 Å². The van der Waals surface area contributed by atoms with Crippen LogP contribution in [-0.4, -0.2) is 65.5 Å². The molecular formula is C29H32F3N5O4. The topological polar surface area (TPSA) is 95.2 Å². The maximum Gasteiger partial charge on any atom is 0.416 e. The number of piperazine rings is 1. The largest absolute Gasteiger partial charge is 0.495 e. The fourth-order valence-corrected chi connectivity index (χ4v) is 4.55. The Morgan fingerprint density at radius 2 is 1.44 bits per heavy atom. The van der Waals surface area contributed by atoms with Crippen LogP contribution >= 0.6 is 0 Å². The van der Waals surface area contributed by atoms with Gasteiger partial charge in [0.05, 0.1) is 30.5 Å². The summed E-state index contributed by atoms with van der Waals surface area (Å²) in [6.07, 6.45) is -4.47. The van der Waals surface area contributed by atoms with Crippen LogP contribution in [0.1, 0.15) is 15.9 Å². The van der Waals surface area contributed by atoms with Gasteiger partial charge in [0, 0.05) is 56.9 Å². The van der Waals surface area contributed by atoms with Crippen LogP contribution in [0.2, 0.25) is 0 Å². The van der Waals surface area contributed by atoms with Gasteiger partial charge in [-0.05, 0) is 54.6 Å². The highest BCUT2D eigenvalue weighted by atomic mass is 19.4. The number of carbonyl (C=O) groups is 2. The van der Waals surface area contributed by atoms with Crippen molar-refractivity contribution < 1.29 is 32.2 Å². The van der Waals surface area contributed by atoms with Gasteiger partial charge in [-0.25, -0.2) is 4.79 Å². The molecule has 0 unspecified atom stereocenters. The second kappa shape index (κ2) is 13.3. The molecule has 4 rings (SSSR count). The molecule has 218 valence electrons. The van der Waals surface area contributed by atoms with Gasteiger partial charge in [-0.3, -0.25) is 4.79 Å². The molecule has 1 aliphatic rings. The lowest BCUT2D eigenvalue weighted by molar-refractivity contribution is -0.137. The Bertz CT molecular complexity index is 1340. The smallest absolute Gasteiger partial charge is 0.416 e. The third-order valence-electron chi connectivity index (χ3n) is 6.61. The van der Waals surface area contributed by atoms with Crippen molar-refractivity contribution in [3.8, 4) is 5.75 Å². The molecule has 3 aromatic rings. The van der Waals surface area contributed by atoms with E-state index in [1.54, 1.807) is 32.4 Å². The standard InChI is InChI=1S/C29H32F3N5O4/c1-40-18-13-33-27(38)23-19-22(35-28(39)34-21-9-7-20(8-10-21)29(30,31)32)11-12-24(23)36-14-16-37(17-15-36)25-5-3-4-6-26(25)41-2/h3-12,19H,13-18H2,1-2H3,(H,33,38)(H2,34,35,39). The van der Waals surface area contributed by atoms with Gasteiger partial charge < -0.3 is 35.2 Å². The SMILES string of the molecule is COCCNC(=O)c1cc(NC(=O)Nc2ccc(C(F)(F)F)cc2)ccc1N1CCN(c2ccccc2OC)CC1. The highest BCUT2D eigenvalue weighted by molar-refractivity contribution is 6.04. The number of alkyl halides is 3. The van der Waals surface area contributed by atoms with E-state index < -0.39 is 17.8 Å². The molecule has 3 N–H and O–H groups in total. The summed E-state index contributed by atoms with van der Waals surface area (Å²) in [5.74, 6) is 0.472. The summed E-state index contributed by atoms with van der Waals surface area (Å²) in [5.41, 5.74) is 1.82. The quantitative estimate of drug-likeness (QED) is 0.311. The predicted octanol–water partition coefficient (Wildman–Crippen LogP) is 5.06. The number of anilines is 4. The van der Waals surface area contributed by atoms with E-state index in [4.69, 9.17) is 9.47 Å². The van der Waals surface area contributed by atoms with E-state index in [9.17, 15) is 22.8 Å². The summed E-state index contributed by atoms with van der Waals surface area (Å²) in [4.78, 5) is 30.1. The number of ether oxygens (including phenoxy) is 2. The highest BCUT2D eigenvalue weighted by Gasteiger charge is 2.30. The van der Waals surface area contributed by atoms with E-state index in [0.29, 0.717) is 56.3 Å². The lowest BCUT2D eigenvalue weighted by Crippen LogP contribution is -2.47. The van der Waals surface area contributed by atoms with Crippen LogP contribution in [0, 0.1) is 0 Å². The number of para-hydroxylation sites is 2. The summed E-state index contributed by atoms with van der Waals surface area (Å²) in [6.45, 7) is 3.37. The molecule has 41 heavy (non-hydrogen) atoms. The maximum atomic E-state index is 13.2. The molecule has 1 heterocycles. The van der Waals surface area contributed by atoms with Crippen molar-refractivity contribution >= 4 is 34.7 Å². The summed E-state index contributed by atoms with van der Waals surface area (Å²) < 4.78 is 49.0. The predicted molar refractivity (Wildman–Crippen MR) is 152 cm³/mol. The first kappa shape index (κ1) is 29.5. The third kappa shape index (κ3) is 7.60. The molecule has 0 atom stereocenters. The minimum Gasteiger partial charge on any atom is -0.495 e. The van der Waals surface area contributed by atoms with E-state index >= 15 is 0 Å². The van der Waals surface area contributed by atoms with Gasteiger partial charge in [0.2, 0.25) is 0 Å². The van der Waals surface area contributed by atoms with E-state index in [2.05, 4.69) is 25.8 Å². The molecule has 1 saturated heterocycles. The molecule has 0 spiro atoms. The number of carbonyl (C=O) groups excluding carboxylic acids is 2. The Balaban J connectivity index is 1.48. The summed E-state index contributed by atoms with van der Waals surface area (Å²) >= 11 is 0. The third-order valence-corrected chi connectivity index (χ3v) is 6.61. The van der Waals surface area contributed by atoms with Crippen molar-refractivity contribution in [2.24, 2.45) is 0 Å². The maximum absolute atomic E-state index is 13.2. The van der Waals surface area contributed by atoms with Gasteiger partial charge in [0.1, 0.15) is 5.75 Å². The number of hydrogen-bond donors (Lipinski definition) is 3. The van der Waals surface area contributed by atoms with Gasteiger partial charge in [-0.15, -0.1) is 0 Å². The number of benzene rings is 3. The summed E-state index contributed by atoms with van der Waals surface area (Å²) in [7, 11) is 3.18. The van der Waals surface area contributed by atoms with Crippen molar-refractivity contribution in [2.45, 2.75) is 6.18 Å². The number of rotatable bonds is 9. The highest BCUT2D eigenvalue weighted by Crippen LogP contribution is 2.32. The Morgan fingerprint density at radius 3 is 2.07 bits per heavy atom. The van der Waals surface area contributed by atoms with Crippen molar-refractivity contribution in [3.63, 3.8) is 0 Å². The number of nitrogens with zero attached hydrogens (tertiary/aromatic N) is 2. The van der Waals surface area contributed by atoms with Crippen molar-refractivity contribution in [3.05, 3.63) is 77.9 Å². The van der Waals surface area contributed by atoms with E-state index in [-0.39, 0.29) is 11.6 Å². The first-order valence-electron chi connectivity index (χ1n) is 13.0. The van der Waals surface area contributed by atoms with Crippen LogP contribution in [0.5, 0.6) is 5.75 Å². The first-order chi connectivity index (χ1) is 19.7. The first-order valence-corrected chi connectivity index (χ1v) is 13.0. The Kier molecular flexibility index (Phi) is 9.56. The lowest BCUT2D eigenvalue weighted by Gasteiger charge is -2.38. The molecule has 0 radical (unpaired) electrons. The monoisotopic (exact) mass is 571 g/mol. The minimum absolute atomic E-state index is 0.192. The average molecular weight is 572 g/mol. The van der Waals surface area contributed by atoms with Gasteiger partial charge >= 0.3 is 12.2 Å². The minimum atomic E-state index is -4.47. The molecule has 9 nitrogen and oxygen atoms in total. The van der Waals surface area contributed by atoms with Crippen LogP contribution < -0.4 is 30.5 Å². The molecule has 0 aliphatic carbocycles. The average Bonchev–Trinajstić information content (AvgIpc) is 2.97. The Morgan fingerprint density at radius 1 is 0.829 bits per heavy atom. The molecule has 3 amide bonds. The normalized spacial score (nSPS) is 13.5. The van der Waals surface area contributed by atoms with Gasteiger partial charge in [0.25, 0.3) is 5.91 Å². The van der Waals surface area contributed by atoms with Crippen LogP contribution in [-0.2, 0) is 10.9 Å². The lowest BCUT2D eigenvalue weighted by atomic mass is 10.1. The van der Waals surface area contributed by atoms with Crippen LogP contribution in [0.25, 0.3) is 0 Å². The molecular weight excluding hydrogens is 539 g/mol. The zero-order valence-corrected chi connectivity index (χ0v) is 22.8. The van der Waals surface area contributed by atoms with Gasteiger partial charge in [-0.2, -0.15) is 13.2 Å². The summed E-state index contributed by atoms with van der Waals surface area (Å²) in [5, 5.41) is 7.99. The van der Waals surface area contributed by atoms with Crippen LogP contribution in [0.15, 0.2) is 66.7 Å². The molecule has 12 heteroatoms. The number of halogens is 3. The second-order valence-electron chi connectivity index (χ2n) is 9.28. The van der Waals surface area contributed by atoms with Crippen molar-refractivity contribution in [1.82, 2.24) is 5.32 Å². The molecule has 0 aromatic heterocycles. The van der Waals surface area contributed by atoms with Gasteiger partial charge in [0.15, 0.2) is 0 Å². The molecule has 1 aliphatic heterocycles. The van der Waals surface area contributed by atoms with Crippen LogP contribution in [0.3, 0.4) is 0 Å². The number of nitrogens with one attached hydrogen (secondary N) is 3. The van der Waals surface area contributed by atoms with E-state index in [0.717, 1.165) is 23.6 Å². The number of urea groups is 1. The second-order valence-corrected chi connectivity index (χ2v) is 9.28. The number of methoxy groups -OCH3 is 2. The number of amides is 3. The van der Waals surface area contributed by atoms with E-state index in [1.165, 1.54) is 12.1 Å². The molecule has 3 aromatic carbocycles. The summed E-state index contributed by atoms with van der Waals surface area (Å²) in [6, 6.07) is 16.3. The molecule has 0 bridgehead atoms. The fourth-order valence-electron chi connectivity index (χ4n) is 4.55. The molecule has 1 fully saturated rings. The van der Waals surface area contributed by atoms with E-state index in [1.807, 2.05) is 24.3 Å².